The van der Waals surface area contributed by atoms with Gasteiger partial charge < -0.3 is 4.90 Å². The van der Waals surface area contributed by atoms with E-state index in [1.807, 2.05) is 31.1 Å². The summed E-state index contributed by atoms with van der Waals surface area (Å²) >= 11 is 0. The number of ketones is 1. The third kappa shape index (κ3) is 1.54. The van der Waals surface area contributed by atoms with Crippen LogP contribution in [0.2, 0.25) is 0 Å². The number of rotatable bonds is 2. The van der Waals surface area contributed by atoms with Gasteiger partial charge in [-0.1, -0.05) is 6.07 Å². The summed E-state index contributed by atoms with van der Waals surface area (Å²) in [7, 11) is 3.82. The molecule has 0 spiro atoms. The van der Waals surface area contributed by atoms with Gasteiger partial charge in [0.25, 0.3) is 0 Å². The van der Waals surface area contributed by atoms with Crippen LogP contribution in [0, 0.1) is 11.3 Å². The maximum absolute atomic E-state index is 11.0. The van der Waals surface area contributed by atoms with E-state index in [9.17, 15) is 4.79 Å². The van der Waals surface area contributed by atoms with Crippen molar-refractivity contribution in [2.45, 2.75) is 18.3 Å². The van der Waals surface area contributed by atoms with Crippen LogP contribution in [0.4, 0.5) is 5.82 Å². The fourth-order valence-corrected chi connectivity index (χ4v) is 1.90. The third-order valence-corrected chi connectivity index (χ3v) is 2.97. The first-order valence-electron chi connectivity index (χ1n) is 5.14. The van der Waals surface area contributed by atoms with E-state index in [1.165, 1.54) is 0 Å². The second-order valence-corrected chi connectivity index (χ2v) is 4.39. The Morgan fingerprint density at radius 3 is 2.50 bits per heavy atom. The first kappa shape index (κ1) is 10.6. The number of carbonyl (C=O) groups excluding carboxylic acids is 1. The van der Waals surface area contributed by atoms with Crippen LogP contribution >= 0.6 is 0 Å². The van der Waals surface area contributed by atoms with Gasteiger partial charge in [-0.2, -0.15) is 5.26 Å². The Morgan fingerprint density at radius 1 is 1.44 bits per heavy atom. The molecule has 1 aliphatic rings. The topological polar surface area (TPSA) is 57.0 Å². The first-order chi connectivity index (χ1) is 7.57. The van der Waals surface area contributed by atoms with Crippen LogP contribution in [0.25, 0.3) is 0 Å². The second kappa shape index (κ2) is 3.60. The summed E-state index contributed by atoms with van der Waals surface area (Å²) in [4.78, 5) is 17.2. The van der Waals surface area contributed by atoms with Crippen LogP contribution in [-0.2, 0) is 10.2 Å². The lowest BCUT2D eigenvalue weighted by Crippen LogP contribution is -2.40. The summed E-state index contributed by atoms with van der Waals surface area (Å²) in [6, 6.07) is 6.00. The maximum atomic E-state index is 11.0. The quantitative estimate of drug-likeness (QED) is 0.745. The standard InChI is InChI=1S/C12H13N3O/c1-15(2)11-4-3-9(7-14-11)12(8-13)5-10(16)6-12/h3-4,7H,5-6H2,1-2H3. The molecule has 0 aromatic carbocycles. The molecule has 0 atom stereocenters. The lowest BCUT2D eigenvalue weighted by atomic mass is 9.65. The van der Waals surface area contributed by atoms with Crippen LogP contribution in [0.3, 0.4) is 0 Å². The Hall–Kier alpha value is -1.89. The molecule has 4 heteroatoms. The molecule has 0 N–H and O–H groups in total. The monoisotopic (exact) mass is 215 g/mol. The normalized spacial score (nSPS) is 17.4. The van der Waals surface area contributed by atoms with E-state index >= 15 is 0 Å². The SMILES string of the molecule is CN(C)c1ccc(C2(C#N)CC(=O)C2)cn1. The molecule has 16 heavy (non-hydrogen) atoms. The summed E-state index contributed by atoms with van der Waals surface area (Å²) < 4.78 is 0. The molecule has 0 aliphatic heterocycles. The molecule has 4 nitrogen and oxygen atoms in total. The molecule has 0 radical (unpaired) electrons. The molecule has 2 rings (SSSR count). The molecule has 0 unspecified atom stereocenters. The number of pyridine rings is 1. The van der Waals surface area contributed by atoms with Crippen molar-refractivity contribution in [3.63, 3.8) is 0 Å². The molecular weight excluding hydrogens is 202 g/mol. The largest absolute Gasteiger partial charge is 0.363 e. The van der Waals surface area contributed by atoms with Gasteiger partial charge in [-0.05, 0) is 11.6 Å². The van der Waals surface area contributed by atoms with E-state index in [4.69, 9.17) is 5.26 Å². The smallest absolute Gasteiger partial charge is 0.136 e. The van der Waals surface area contributed by atoms with Crippen LogP contribution < -0.4 is 4.90 Å². The zero-order valence-electron chi connectivity index (χ0n) is 9.40. The minimum Gasteiger partial charge on any atom is -0.363 e. The van der Waals surface area contributed by atoms with Crippen LogP contribution in [0.5, 0.6) is 0 Å². The first-order valence-corrected chi connectivity index (χ1v) is 5.14. The summed E-state index contributed by atoms with van der Waals surface area (Å²) in [6.07, 6.45) is 2.35. The van der Waals surface area contributed by atoms with Crippen molar-refractivity contribution >= 4 is 11.6 Å². The van der Waals surface area contributed by atoms with Gasteiger partial charge >= 0.3 is 0 Å². The Balaban J connectivity index is 2.28. The highest BCUT2D eigenvalue weighted by atomic mass is 16.1. The molecule has 1 saturated carbocycles. The number of aromatic nitrogens is 1. The zero-order valence-corrected chi connectivity index (χ0v) is 9.40. The third-order valence-electron chi connectivity index (χ3n) is 2.97. The summed E-state index contributed by atoms with van der Waals surface area (Å²) in [6.45, 7) is 0. The number of hydrogen-bond donors (Lipinski definition) is 0. The van der Waals surface area contributed by atoms with Gasteiger partial charge in [-0.25, -0.2) is 4.98 Å². The predicted molar refractivity (Wildman–Crippen MR) is 60.1 cm³/mol. The average molecular weight is 215 g/mol. The van der Waals surface area contributed by atoms with Crippen molar-refractivity contribution < 1.29 is 4.79 Å². The molecular formula is C12H13N3O. The molecule has 1 aromatic heterocycles. The van der Waals surface area contributed by atoms with Crippen molar-refractivity contribution in [2.24, 2.45) is 0 Å². The van der Waals surface area contributed by atoms with E-state index in [0.717, 1.165) is 11.4 Å². The van der Waals surface area contributed by atoms with Crippen molar-refractivity contribution in [3.05, 3.63) is 23.9 Å². The van der Waals surface area contributed by atoms with E-state index in [1.54, 1.807) is 6.20 Å². The van der Waals surface area contributed by atoms with Gasteiger partial charge in [0.2, 0.25) is 0 Å². The minimum absolute atomic E-state index is 0.151. The van der Waals surface area contributed by atoms with Gasteiger partial charge in [0.15, 0.2) is 0 Å². The molecule has 0 amide bonds. The highest BCUT2D eigenvalue weighted by Crippen LogP contribution is 2.40. The van der Waals surface area contributed by atoms with Crippen LogP contribution in [0.15, 0.2) is 18.3 Å². The fourth-order valence-electron chi connectivity index (χ4n) is 1.90. The summed E-state index contributed by atoms with van der Waals surface area (Å²) in [5.74, 6) is 1.00. The van der Waals surface area contributed by atoms with Crippen molar-refractivity contribution in [2.75, 3.05) is 19.0 Å². The predicted octanol–water partition coefficient (Wildman–Crippen LogP) is 1.27. The Bertz CT molecular complexity index is 448. The van der Waals surface area contributed by atoms with Crippen molar-refractivity contribution in [1.29, 1.82) is 5.26 Å². The molecule has 0 bridgehead atoms. The van der Waals surface area contributed by atoms with Crippen LogP contribution in [-0.4, -0.2) is 24.9 Å². The lowest BCUT2D eigenvalue weighted by Gasteiger charge is -2.33. The van der Waals surface area contributed by atoms with Gasteiger partial charge in [0.05, 0.1) is 11.5 Å². The van der Waals surface area contributed by atoms with Gasteiger partial charge in [0, 0.05) is 33.1 Å². The maximum Gasteiger partial charge on any atom is 0.136 e. The van der Waals surface area contributed by atoms with E-state index < -0.39 is 5.41 Å². The van der Waals surface area contributed by atoms with E-state index in [-0.39, 0.29) is 5.78 Å². The molecule has 1 aliphatic carbocycles. The molecule has 1 aromatic rings. The van der Waals surface area contributed by atoms with Crippen molar-refractivity contribution in [1.82, 2.24) is 4.98 Å². The second-order valence-electron chi connectivity index (χ2n) is 4.39. The Morgan fingerprint density at radius 2 is 2.12 bits per heavy atom. The van der Waals surface area contributed by atoms with E-state index in [2.05, 4.69) is 11.1 Å². The number of anilines is 1. The van der Waals surface area contributed by atoms with E-state index in [0.29, 0.717) is 12.8 Å². The molecule has 1 fully saturated rings. The summed E-state index contributed by atoms with van der Waals surface area (Å²) in [5, 5.41) is 9.15. The van der Waals surface area contributed by atoms with Gasteiger partial charge in [-0.3, -0.25) is 4.79 Å². The number of hydrogen-bond acceptors (Lipinski definition) is 4. The number of nitrogens with zero attached hydrogens (tertiary/aromatic N) is 3. The highest BCUT2D eigenvalue weighted by Gasteiger charge is 2.45. The Labute approximate surface area is 94.5 Å². The number of Topliss-reactive ketones (excluding diaryl/α,β-unsaturated/α-hetero) is 1. The number of nitriles is 1. The molecule has 82 valence electrons. The highest BCUT2D eigenvalue weighted by molar-refractivity contribution is 5.90. The Kier molecular flexibility index (Phi) is 2.39. The number of carbonyl (C=O) groups is 1. The summed E-state index contributed by atoms with van der Waals surface area (Å²) in [5.41, 5.74) is 0.231. The van der Waals surface area contributed by atoms with Gasteiger partial charge in [-0.15, -0.1) is 0 Å². The fraction of sp³-hybridized carbons (Fsp3) is 0.417. The molecule has 1 heterocycles. The zero-order chi connectivity index (χ0) is 11.8. The van der Waals surface area contributed by atoms with Crippen molar-refractivity contribution in [3.8, 4) is 6.07 Å². The lowest BCUT2D eigenvalue weighted by molar-refractivity contribution is -0.126. The van der Waals surface area contributed by atoms with Crippen LogP contribution in [0.1, 0.15) is 18.4 Å². The average Bonchev–Trinajstić information content (AvgIpc) is 2.24. The molecule has 0 saturated heterocycles. The minimum atomic E-state index is -0.616. The van der Waals surface area contributed by atoms with Gasteiger partial charge in [0.1, 0.15) is 11.6 Å².